The Hall–Kier alpha value is -1.29. The van der Waals surface area contributed by atoms with Gasteiger partial charge in [0.2, 0.25) is 0 Å². The molecule has 0 bridgehead atoms. The van der Waals surface area contributed by atoms with Gasteiger partial charge in [0.1, 0.15) is 0 Å². The van der Waals surface area contributed by atoms with E-state index in [9.17, 15) is 5.26 Å². The fourth-order valence-corrected chi connectivity index (χ4v) is 4.07. The second kappa shape index (κ2) is 8.00. The van der Waals surface area contributed by atoms with Gasteiger partial charge in [0.25, 0.3) is 0 Å². The van der Waals surface area contributed by atoms with Gasteiger partial charge in [0.05, 0.1) is 11.5 Å². The summed E-state index contributed by atoms with van der Waals surface area (Å²) in [4.78, 5) is 0. The summed E-state index contributed by atoms with van der Waals surface area (Å²) in [5.74, 6) is 1.32. The standard InChI is InChI=1S/C22H35N/c1-8-19-11-12-20(18(4)5)22(19,7)15-14-21(6,16-23)13-9-10-17(2)3/h8,10-11,18,20H,1,9,12-15H2,2-7H3/t20-,21?,22+/m1/s1. The highest BCUT2D eigenvalue weighted by atomic mass is 14.5. The monoisotopic (exact) mass is 313 g/mol. The number of hydrogen-bond acceptors (Lipinski definition) is 1. The topological polar surface area (TPSA) is 23.8 Å². The summed E-state index contributed by atoms with van der Waals surface area (Å²) in [5, 5.41) is 9.70. The van der Waals surface area contributed by atoms with Crippen molar-refractivity contribution < 1.29 is 0 Å². The van der Waals surface area contributed by atoms with Crippen LogP contribution in [0.3, 0.4) is 0 Å². The predicted molar refractivity (Wildman–Crippen MR) is 101 cm³/mol. The number of nitrogens with zero attached hydrogens (tertiary/aromatic N) is 1. The molecule has 1 nitrogen and oxygen atoms in total. The van der Waals surface area contributed by atoms with E-state index in [4.69, 9.17) is 0 Å². The smallest absolute Gasteiger partial charge is 0.0686 e. The second-order valence-corrected chi connectivity index (χ2v) is 8.36. The molecule has 0 aliphatic heterocycles. The molecule has 0 spiro atoms. The average Bonchev–Trinajstić information content (AvgIpc) is 2.82. The van der Waals surface area contributed by atoms with Crippen LogP contribution in [0.2, 0.25) is 0 Å². The Labute approximate surface area is 144 Å². The molecular weight excluding hydrogens is 278 g/mol. The lowest BCUT2D eigenvalue weighted by molar-refractivity contribution is 0.165. The quantitative estimate of drug-likeness (QED) is 0.450. The molecule has 23 heavy (non-hydrogen) atoms. The highest BCUT2D eigenvalue weighted by Crippen LogP contribution is 2.52. The largest absolute Gasteiger partial charge is 0.198 e. The van der Waals surface area contributed by atoms with Gasteiger partial charge in [0, 0.05) is 0 Å². The van der Waals surface area contributed by atoms with E-state index >= 15 is 0 Å². The van der Waals surface area contributed by atoms with E-state index < -0.39 is 0 Å². The number of allylic oxidation sites excluding steroid dienone is 5. The second-order valence-electron chi connectivity index (χ2n) is 8.36. The Balaban J connectivity index is 2.82. The molecule has 1 aliphatic rings. The Morgan fingerprint density at radius 1 is 1.48 bits per heavy atom. The van der Waals surface area contributed by atoms with Crippen molar-refractivity contribution in [2.75, 3.05) is 0 Å². The minimum atomic E-state index is -0.231. The van der Waals surface area contributed by atoms with Crippen LogP contribution < -0.4 is 0 Å². The van der Waals surface area contributed by atoms with Crippen molar-refractivity contribution in [2.45, 2.75) is 73.6 Å². The van der Waals surface area contributed by atoms with Gasteiger partial charge in [-0.2, -0.15) is 5.26 Å². The number of nitriles is 1. The van der Waals surface area contributed by atoms with Crippen molar-refractivity contribution >= 4 is 0 Å². The van der Waals surface area contributed by atoms with Gasteiger partial charge in [-0.1, -0.05) is 51.2 Å². The number of rotatable bonds is 8. The molecular formula is C22H35N. The maximum Gasteiger partial charge on any atom is 0.0686 e. The Morgan fingerprint density at radius 3 is 2.61 bits per heavy atom. The van der Waals surface area contributed by atoms with Crippen LogP contribution in [-0.2, 0) is 0 Å². The molecule has 0 saturated heterocycles. The van der Waals surface area contributed by atoms with Crippen LogP contribution in [-0.4, -0.2) is 0 Å². The van der Waals surface area contributed by atoms with Crippen LogP contribution in [0.15, 0.2) is 36.0 Å². The molecule has 0 N–H and O–H groups in total. The first-order chi connectivity index (χ1) is 10.7. The molecule has 0 saturated carbocycles. The van der Waals surface area contributed by atoms with Gasteiger partial charge in [-0.15, -0.1) is 0 Å². The van der Waals surface area contributed by atoms with E-state index in [1.165, 1.54) is 11.1 Å². The number of hydrogen-bond donors (Lipinski definition) is 0. The summed E-state index contributed by atoms with van der Waals surface area (Å²) in [6, 6.07) is 2.60. The van der Waals surface area contributed by atoms with E-state index in [2.05, 4.69) is 66.3 Å². The van der Waals surface area contributed by atoms with Gasteiger partial charge in [-0.3, -0.25) is 0 Å². The molecule has 0 fully saturated rings. The normalized spacial score (nSPS) is 26.3. The van der Waals surface area contributed by atoms with Gasteiger partial charge < -0.3 is 0 Å². The summed E-state index contributed by atoms with van der Waals surface area (Å²) < 4.78 is 0. The van der Waals surface area contributed by atoms with Crippen molar-refractivity contribution in [3.05, 3.63) is 36.0 Å². The summed E-state index contributed by atoms with van der Waals surface area (Å²) in [6.07, 6.45) is 11.8. The zero-order chi connectivity index (χ0) is 17.7. The zero-order valence-corrected chi connectivity index (χ0v) is 16.1. The van der Waals surface area contributed by atoms with Crippen LogP contribution in [0, 0.1) is 34.0 Å². The first-order valence-corrected chi connectivity index (χ1v) is 9.06. The molecule has 1 rings (SSSR count). The molecule has 1 aliphatic carbocycles. The highest BCUT2D eigenvalue weighted by Gasteiger charge is 2.42. The van der Waals surface area contributed by atoms with E-state index in [0.717, 1.165) is 32.1 Å². The van der Waals surface area contributed by atoms with E-state index in [1.54, 1.807) is 0 Å². The summed E-state index contributed by atoms with van der Waals surface area (Å²) >= 11 is 0. The summed E-state index contributed by atoms with van der Waals surface area (Å²) in [7, 11) is 0. The molecule has 1 unspecified atom stereocenters. The third-order valence-corrected chi connectivity index (χ3v) is 5.81. The maximum atomic E-state index is 9.70. The van der Waals surface area contributed by atoms with E-state index in [-0.39, 0.29) is 10.8 Å². The molecule has 0 aromatic rings. The van der Waals surface area contributed by atoms with Gasteiger partial charge >= 0.3 is 0 Å². The maximum absolute atomic E-state index is 9.70. The summed E-state index contributed by atoms with van der Waals surface area (Å²) in [5.41, 5.74) is 2.67. The summed E-state index contributed by atoms with van der Waals surface area (Å²) in [6.45, 7) is 17.4. The fraction of sp³-hybridized carbons (Fsp3) is 0.682. The Kier molecular flexibility index (Phi) is 6.87. The molecule has 0 radical (unpaired) electrons. The molecule has 128 valence electrons. The molecule has 3 atom stereocenters. The fourth-order valence-electron chi connectivity index (χ4n) is 4.07. The molecule has 1 heteroatoms. The van der Waals surface area contributed by atoms with Crippen LogP contribution in [0.4, 0.5) is 0 Å². The van der Waals surface area contributed by atoms with Gasteiger partial charge in [-0.25, -0.2) is 0 Å². The highest BCUT2D eigenvalue weighted by molar-refractivity contribution is 5.31. The third-order valence-electron chi connectivity index (χ3n) is 5.81. The molecule has 0 aromatic heterocycles. The van der Waals surface area contributed by atoms with Crippen molar-refractivity contribution in [3.63, 3.8) is 0 Å². The zero-order valence-electron chi connectivity index (χ0n) is 16.1. The van der Waals surface area contributed by atoms with Crippen molar-refractivity contribution in [2.24, 2.45) is 22.7 Å². The van der Waals surface area contributed by atoms with Gasteiger partial charge in [-0.05, 0) is 75.7 Å². The Bertz CT molecular complexity index is 513. The van der Waals surface area contributed by atoms with Gasteiger partial charge in [0.15, 0.2) is 0 Å². The first kappa shape index (κ1) is 19.8. The third kappa shape index (κ3) is 4.84. The van der Waals surface area contributed by atoms with Crippen molar-refractivity contribution in [1.82, 2.24) is 0 Å². The van der Waals surface area contributed by atoms with Crippen molar-refractivity contribution in [1.29, 1.82) is 5.26 Å². The lowest BCUT2D eigenvalue weighted by Gasteiger charge is -2.38. The SMILES string of the molecule is C=CC1=CC[C@H](C(C)C)[C@@]1(C)CCC(C)(C#N)CCC=C(C)C. The molecule has 0 aromatic carbocycles. The van der Waals surface area contributed by atoms with Crippen LogP contribution in [0.1, 0.15) is 73.6 Å². The minimum absolute atomic E-state index is 0.171. The lowest BCUT2D eigenvalue weighted by atomic mass is 9.65. The minimum Gasteiger partial charge on any atom is -0.198 e. The van der Waals surface area contributed by atoms with E-state index in [1.807, 2.05) is 6.08 Å². The molecule has 0 heterocycles. The predicted octanol–water partition coefficient (Wildman–Crippen LogP) is 6.84. The Morgan fingerprint density at radius 2 is 2.13 bits per heavy atom. The first-order valence-electron chi connectivity index (χ1n) is 9.06. The van der Waals surface area contributed by atoms with Crippen molar-refractivity contribution in [3.8, 4) is 6.07 Å². The average molecular weight is 314 g/mol. The van der Waals surface area contributed by atoms with E-state index in [0.29, 0.717) is 11.8 Å². The van der Waals surface area contributed by atoms with Crippen LogP contribution in [0.25, 0.3) is 0 Å². The molecule has 0 amide bonds. The van der Waals surface area contributed by atoms with Crippen LogP contribution >= 0.6 is 0 Å². The lowest BCUT2D eigenvalue weighted by Crippen LogP contribution is -2.30. The van der Waals surface area contributed by atoms with Crippen LogP contribution in [0.5, 0.6) is 0 Å².